The van der Waals surface area contributed by atoms with Gasteiger partial charge in [0.25, 0.3) is 0 Å². The predicted molar refractivity (Wildman–Crippen MR) is 109 cm³/mol. The Morgan fingerprint density at radius 1 is 1.26 bits per heavy atom. The van der Waals surface area contributed by atoms with Gasteiger partial charge in [-0.05, 0) is 38.0 Å². The fraction of sp³-hybridized carbons (Fsp3) is 0.632. The van der Waals surface area contributed by atoms with E-state index in [1.54, 1.807) is 11.9 Å². The Bertz CT molecular complexity index is 806. The van der Waals surface area contributed by atoms with Gasteiger partial charge in [0.1, 0.15) is 0 Å². The minimum Gasteiger partial charge on any atom is -0.369 e. The maximum atomic E-state index is 12.8. The van der Waals surface area contributed by atoms with Crippen molar-refractivity contribution in [1.82, 2.24) is 9.80 Å². The minimum absolute atomic E-state index is 0.00415. The van der Waals surface area contributed by atoms with Gasteiger partial charge in [0, 0.05) is 50.0 Å². The molecule has 0 aromatic heterocycles. The molecule has 2 fully saturated rings. The van der Waals surface area contributed by atoms with Gasteiger partial charge in [0.2, 0.25) is 5.91 Å². The van der Waals surface area contributed by atoms with Crippen molar-refractivity contribution in [3.8, 4) is 0 Å². The van der Waals surface area contributed by atoms with E-state index in [0.717, 1.165) is 36.9 Å². The van der Waals surface area contributed by atoms with Crippen LogP contribution in [0.4, 0.5) is 5.69 Å². The highest BCUT2D eigenvalue weighted by molar-refractivity contribution is 7.91. The Kier molecular flexibility index (Phi) is 6.03. The number of benzene rings is 1. The van der Waals surface area contributed by atoms with Crippen molar-refractivity contribution < 1.29 is 13.2 Å². The second-order valence-corrected chi connectivity index (χ2v) is 10.3. The zero-order valence-corrected chi connectivity index (χ0v) is 17.8. The maximum absolute atomic E-state index is 12.8. The van der Waals surface area contributed by atoms with Gasteiger partial charge < -0.3 is 9.80 Å². The number of piperazine rings is 1. The molecule has 2 heterocycles. The fourth-order valence-electron chi connectivity index (χ4n) is 3.99. The summed E-state index contributed by atoms with van der Waals surface area (Å²) in [5.74, 6) is 0.273. The second kappa shape index (κ2) is 7.97. The molecule has 1 aromatic rings. The molecular formula is C19H28ClN3O3S. The lowest BCUT2D eigenvalue weighted by molar-refractivity contribution is -0.136. The minimum atomic E-state index is -3.00. The molecule has 6 nitrogen and oxygen atoms in total. The van der Waals surface area contributed by atoms with Crippen LogP contribution in [-0.2, 0) is 14.6 Å². The van der Waals surface area contributed by atoms with Crippen LogP contribution in [0.5, 0.6) is 0 Å². The van der Waals surface area contributed by atoms with Crippen molar-refractivity contribution in [1.29, 1.82) is 0 Å². The standard InChI is InChI=1S/C19H28ClN3O3S/c1-14-4-5-16(20)12-18(14)23-9-7-22(8-10-23)15(2)19(24)21(3)17-6-11-27(25,26)13-17/h4-5,12,15,17H,6-11,13H2,1-3H3. The third-order valence-corrected chi connectivity index (χ3v) is 7.82. The summed E-state index contributed by atoms with van der Waals surface area (Å²) in [6.45, 7) is 7.24. The topological polar surface area (TPSA) is 60.9 Å². The Labute approximate surface area is 167 Å². The molecule has 0 saturated carbocycles. The van der Waals surface area contributed by atoms with E-state index in [2.05, 4.69) is 16.7 Å². The normalized spacial score (nSPS) is 24.0. The van der Waals surface area contributed by atoms with Crippen molar-refractivity contribution in [2.75, 3.05) is 49.6 Å². The van der Waals surface area contributed by atoms with E-state index in [9.17, 15) is 13.2 Å². The zero-order chi connectivity index (χ0) is 19.8. The van der Waals surface area contributed by atoms with Gasteiger partial charge in [0.15, 0.2) is 9.84 Å². The van der Waals surface area contributed by atoms with E-state index in [1.807, 2.05) is 25.1 Å². The summed E-state index contributed by atoms with van der Waals surface area (Å²) in [6, 6.07) is 5.48. The number of anilines is 1. The van der Waals surface area contributed by atoms with E-state index in [1.165, 1.54) is 5.56 Å². The molecule has 2 atom stereocenters. The number of nitrogens with zero attached hydrogens (tertiary/aromatic N) is 3. The van der Waals surface area contributed by atoms with Gasteiger partial charge in [-0.15, -0.1) is 0 Å². The van der Waals surface area contributed by atoms with E-state index in [0.29, 0.717) is 6.42 Å². The van der Waals surface area contributed by atoms with Gasteiger partial charge in [-0.1, -0.05) is 17.7 Å². The van der Waals surface area contributed by atoms with E-state index >= 15 is 0 Å². The molecule has 2 saturated heterocycles. The molecule has 27 heavy (non-hydrogen) atoms. The number of aryl methyl sites for hydroxylation is 1. The first-order chi connectivity index (χ1) is 12.7. The van der Waals surface area contributed by atoms with Crippen molar-refractivity contribution in [2.45, 2.75) is 32.4 Å². The van der Waals surface area contributed by atoms with Crippen LogP contribution in [0.15, 0.2) is 18.2 Å². The maximum Gasteiger partial charge on any atom is 0.239 e. The summed E-state index contributed by atoms with van der Waals surface area (Å²) in [7, 11) is -1.26. The number of likely N-dealkylation sites (N-methyl/N-ethyl adjacent to an activating group) is 1. The number of hydrogen-bond acceptors (Lipinski definition) is 5. The molecule has 0 radical (unpaired) electrons. The number of amides is 1. The van der Waals surface area contributed by atoms with E-state index in [4.69, 9.17) is 11.6 Å². The largest absolute Gasteiger partial charge is 0.369 e. The number of sulfone groups is 1. The van der Waals surface area contributed by atoms with Crippen LogP contribution < -0.4 is 4.90 Å². The molecule has 1 aromatic carbocycles. The predicted octanol–water partition coefficient (Wildman–Crippen LogP) is 1.80. The van der Waals surface area contributed by atoms with Crippen molar-refractivity contribution in [3.05, 3.63) is 28.8 Å². The summed E-state index contributed by atoms with van der Waals surface area (Å²) in [5, 5.41) is 0.731. The number of rotatable bonds is 4. The van der Waals surface area contributed by atoms with Crippen LogP contribution in [0, 0.1) is 6.92 Å². The molecule has 8 heteroatoms. The molecule has 0 aliphatic carbocycles. The molecule has 150 valence electrons. The quantitative estimate of drug-likeness (QED) is 0.753. The lowest BCUT2D eigenvalue weighted by atomic mass is 10.1. The molecular weight excluding hydrogens is 386 g/mol. The van der Waals surface area contributed by atoms with Crippen molar-refractivity contribution in [2.24, 2.45) is 0 Å². The molecule has 2 aliphatic rings. The SMILES string of the molecule is Cc1ccc(Cl)cc1N1CCN(C(C)C(=O)N(C)C2CCS(=O)(=O)C2)CC1. The third-order valence-electron chi connectivity index (χ3n) is 5.83. The summed E-state index contributed by atoms with van der Waals surface area (Å²) in [6.07, 6.45) is 0.541. The lowest BCUT2D eigenvalue weighted by Gasteiger charge is -2.40. The molecule has 2 aliphatic heterocycles. The van der Waals surface area contributed by atoms with Gasteiger partial charge in [-0.2, -0.15) is 0 Å². The summed E-state index contributed by atoms with van der Waals surface area (Å²) < 4.78 is 23.4. The first-order valence-electron chi connectivity index (χ1n) is 9.40. The number of carbonyl (C=O) groups excluding carboxylic acids is 1. The van der Waals surface area contributed by atoms with Crippen LogP contribution in [0.1, 0.15) is 18.9 Å². The van der Waals surface area contributed by atoms with Gasteiger partial charge in [0.05, 0.1) is 17.5 Å². The summed E-state index contributed by atoms with van der Waals surface area (Å²) >= 11 is 6.14. The molecule has 3 rings (SSSR count). The van der Waals surface area contributed by atoms with Gasteiger partial charge in [-0.25, -0.2) is 8.42 Å². The van der Waals surface area contributed by atoms with Crippen LogP contribution in [0.25, 0.3) is 0 Å². The summed E-state index contributed by atoms with van der Waals surface area (Å²) in [4.78, 5) is 19.0. The number of carbonyl (C=O) groups is 1. The third kappa shape index (κ3) is 4.58. The first kappa shape index (κ1) is 20.4. The molecule has 0 N–H and O–H groups in total. The molecule has 0 spiro atoms. The Balaban J connectivity index is 1.58. The number of hydrogen-bond donors (Lipinski definition) is 0. The highest BCUT2D eigenvalue weighted by Gasteiger charge is 2.36. The summed E-state index contributed by atoms with van der Waals surface area (Å²) in [5.41, 5.74) is 2.34. The molecule has 2 unspecified atom stereocenters. The number of halogens is 1. The fourth-order valence-corrected chi connectivity index (χ4v) is 5.93. The second-order valence-electron chi connectivity index (χ2n) is 7.64. The Hall–Kier alpha value is -1.31. The average molecular weight is 414 g/mol. The zero-order valence-electron chi connectivity index (χ0n) is 16.2. The molecule has 0 bridgehead atoms. The van der Waals surface area contributed by atoms with Gasteiger partial charge in [-0.3, -0.25) is 9.69 Å². The first-order valence-corrected chi connectivity index (χ1v) is 11.6. The Morgan fingerprint density at radius 3 is 2.52 bits per heavy atom. The lowest BCUT2D eigenvalue weighted by Crippen LogP contribution is -2.55. The van der Waals surface area contributed by atoms with Crippen LogP contribution in [0.3, 0.4) is 0 Å². The van der Waals surface area contributed by atoms with Crippen molar-refractivity contribution >= 4 is 33.0 Å². The smallest absolute Gasteiger partial charge is 0.239 e. The van der Waals surface area contributed by atoms with E-state index < -0.39 is 9.84 Å². The van der Waals surface area contributed by atoms with Crippen molar-refractivity contribution in [3.63, 3.8) is 0 Å². The monoisotopic (exact) mass is 413 g/mol. The average Bonchev–Trinajstić information content (AvgIpc) is 3.02. The van der Waals surface area contributed by atoms with E-state index in [-0.39, 0.29) is 29.5 Å². The highest BCUT2D eigenvalue weighted by Crippen LogP contribution is 2.26. The highest BCUT2D eigenvalue weighted by atomic mass is 35.5. The molecule has 1 amide bonds. The Morgan fingerprint density at radius 2 is 1.93 bits per heavy atom. The van der Waals surface area contributed by atoms with Crippen LogP contribution in [0.2, 0.25) is 5.02 Å². The van der Waals surface area contributed by atoms with Crippen LogP contribution in [-0.4, -0.2) is 80.9 Å². The van der Waals surface area contributed by atoms with Crippen LogP contribution >= 0.6 is 11.6 Å². The van der Waals surface area contributed by atoms with Gasteiger partial charge >= 0.3 is 0 Å².